The molecule has 200 valence electrons. The molecule has 0 fully saturated rings. The Labute approximate surface area is 223 Å². The van der Waals surface area contributed by atoms with Gasteiger partial charge in [-0.15, -0.1) is 0 Å². The zero-order valence-corrected chi connectivity index (χ0v) is 21.9. The van der Waals surface area contributed by atoms with Crippen LogP contribution in [0.15, 0.2) is 90.1 Å². The minimum atomic E-state index is -0.972. The van der Waals surface area contributed by atoms with Crippen molar-refractivity contribution in [1.29, 1.82) is 0 Å². The second kappa shape index (κ2) is 15.4. The van der Waals surface area contributed by atoms with E-state index in [1.807, 2.05) is 43.3 Å². The molecule has 10 nitrogen and oxygen atoms in total. The molecule has 0 radical (unpaired) electrons. The Morgan fingerprint density at radius 1 is 0.974 bits per heavy atom. The van der Waals surface area contributed by atoms with Crippen molar-refractivity contribution in [3.05, 3.63) is 90.7 Å². The molecule has 0 aromatic heterocycles. The highest BCUT2D eigenvalue weighted by molar-refractivity contribution is 5.99. The molecular weight excluding hydrogens is 484 g/mol. The van der Waals surface area contributed by atoms with Gasteiger partial charge in [0.1, 0.15) is 6.04 Å². The maximum atomic E-state index is 13.1. The lowest BCUT2D eigenvalue weighted by atomic mass is 10.0. The maximum absolute atomic E-state index is 13.1. The van der Waals surface area contributed by atoms with Gasteiger partial charge in [-0.05, 0) is 24.1 Å². The molecular formula is C28H34N6O4. The van der Waals surface area contributed by atoms with Gasteiger partial charge in [0.05, 0.1) is 12.1 Å². The lowest BCUT2D eigenvalue weighted by Gasteiger charge is -2.28. The normalized spacial score (nSPS) is 11.8. The number of hydrogen-bond donors (Lipinski definition) is 3. The van der Waals surface area contributed by atoms with Crippen molar-refractivity contribution >= 4 is 35.7 Å². The standard InChI is InChI=1S/C28H34N6O4/c1-5-17-29-19-22(6-2)26(36)32-24(18-21-13-9-7-10-14-21)27(37)30-20-25(35)33(3)34(4)28(38)31-23-15-11-8-12-16-23/h6-17,19,24H,2,5,18,20H2,1,3-4H3,(H,30,37)(H,31,38)(H,32,36)/b22-19+,29-17?. The first-order valence-electron chi connectivity index (χ1n) is 12.1. The molecule has 0 saturated carbocycles. The van der Waals surface area contributed by atoms with Crippen LogP contribution in [0.2, 0.25) is 0 Å². The Balaban J connectivity index is 2.05. The number of aliphatic imine (C=N–C) groups is 1. The molecule has 2 aromatic rings. The van der Waals surface area contributed by atoms with Crippen LogP contribution in [0.5, 0.6) is 0 Å². The summed E-state index contributed by atoms with van der Waals surface area (Å²) in [5, 5.41) is 10.1. The summed E-state index contributed by atoms with van der Waals surface area (Å²) in [5.41, 5.74) is 1.59. The number of hydrazine groups is 1. The third-order valence-corrected chi connectivity index (χ3v) is 5.43. The van der Waals surface area contributed by atoms with Gasteiger partial charge in [-0.1, -0.05) is 68.1 Å². The lowest BCUT2D eigenvalue weighted by Crippen LogP contribution is -2.53. The van der Waals surface area contributed by atoms with Crippen LogP contribution in [-0.2, 0) is 20.8 Å². The van der Waals surface area contributed by atoms with Crippen LogP contribution in [0.1, 0.15) is 18.9 Å². The number of nitrogens with zero attached hydrogens (tertiary/aromatic N) is 3. The topological polar surface area (TPSA) is 123 Å². The average molecular weight is 519 g/mol. The lowest BCUT2D eigenvalue weighted by molar-refractivity contribution is -0.140. The SMILES string of the molecule is C=C/C(=C\N=CCC)C(=O)NC(Cc1ccccc1)C(=O)NCC(=O)N(C)N(C)C(=O)Nc1ccccc1. The Morgan fingerprint density at radius 3 is 2.21 bits per heavy atom. The van der Waals surface area contributed by atoms with Gasteiger partial charge >= 0.3 is 6.03 Å². The third-order valence-electron chi connectivity index (χ3n) is 5.43. The van der Waals surface area contributed by atoms with E-state index in [1.54, 1.807) is 30.5 Å². The predicted octanol–water partition coefficient (Wildman–Crippen LogP) is 2.92. The highest BCUT2D eigenvalue weighted by atomic mass is 16.2. The summed E-state index contributed by atoms with van der Waals surface area (Å²) in [6.07, 6.45) is 5.27. The fourth-order valence-electron chi connectivity index (χ4n) is 3.17. The first-order chi connectivity index (χ1) is 18.3. The monoisotopic (exact) mass is 518 g/mol. The molecule has 0 aliphatic rings. The second-order valence-corrected chi connectivity index (χ2v) is 8.20. The molecule has 1 unspecified atom stereocenters. The molecule has 0 aliphatic heterocycles. The van der Waals surface area contributed by atoms with Crippen molar-refractivity contribution in [2.45, 2.75) is 25.8 Å². The van der Waals surface area contributed by atoms with Crippen molar-refractivity contribution in [3.63, 3.8) is 0 Å². The van der Waals surface area contributed by atoms with Crippen LogP contribution < -0.4 is 16.0 Å². The fourth-order valence-corrected chi connectivity index (χ4v) is 3.17. The number of anilines is 1. The van der Waals surface area contributed by atoms with Gasteiger partial charge in [-0.2, -0.15) is 0 Å². The number of urea groups is 1. The number of benzene rings is 2. The summed E-state index contributed by atoms with van der Waals surface area (Å²) in [7, 11) is 2.85. The predicted molar refractivity (Wildman–Crippen MR) is 148 cm³/mol. The van der Waals surface area contributed by atoms with Gasteiger partial charge < -0.3 is 16.0 Å². The number of nitrogens with one attached hydrogen (secondary N) is 3. The van der Waals surface area contributed by atoms with Gasteiger partial charge in [0, 0.05) is 38.6 Å². The summed E-state index contributed by atoms with van der Waals surface area (Å²) in [4.78, 5) is 55.1. The quantitative estimate of drug-likeness (QED) is 0.183. The number of likely N-dealkylation sites (N-methyl/N-ethyl adjacent to an activating group) is 1. The van der Waals surface area contributed by atoms with Crippen LogP contribution in [0.4, 0.5) is 10.5 Å². The Hall–Kier alpha value is -4.73. The highest BCUT2D eigenvalue weighted by Crippen LogP contribution is 2.08. The minimum absolute atomic E-state index is 0.197. The molecule has 38 heavy (non-hydrogen) atoms. The fraction of sp³-hybridized carbons (Fsp3) is 0.250. The van der Waals surface area contributed by atoms with Crippen LogP contribution >= 0.6 is 0 Å². The van der Waals surface area contributed by atoms with E-state index in [1.165, 1.54) is 26.4 Å². The molecule has 0 heterocycles. The van der Waals surface area contributed by atoms with Gasteiger partial charge in [-0.25, -0.2) is 9.80 Å². The van der Waals surface area contributed by atoms with Crippen LogP contribution in [0, 0.1) is 0 Å². The number of hydrogen-bond acceptors (Lipinski definition) is 5. The first-order valence-corrected chi connectivity index (χ1v) is 12.1. The zero-order valence-electron chi connectivity index (χ0n) is 21.9. The largest absolute Gasteiger partial charge is 0.345 e. The first kappa shape index (κ1) is 29.5. The molecule has 5 amide bonds. The third kappa shape index (κ3) is 9.38. The van der Waals surface area contributed by atoms with Gasteiger partial charge in [0.15, 0.2) is 0 Å². The number of carbonyl (C=O) groups is 4. The summed E-state index contributed by atoms with van der Waals surface area (Å²) in [6, 6.07) is 16.5. The number of carbonyl (C=O) groups excluding carboxylic acids is 4. The van der Waals surface area contributed by atoms with Crippen LogP contribution in [0.3, 0.4) is 0 Å². The molecule has 3 N–H and O–H groups in total. The molecule has 2 aromatic carbocycles. The van der Waals surface area contributed by atoms with E-state index in [2.05, 4.69) is 27.5 Å². The van der Waals surface area contributed by atoms with Crippen molar-refractivity contribution < 1.29 is 19.2 Å². The van der Waals surface area contributed by atoms with E-state index >= 15 is 0 Å². The molecule has 0 bridgehead atoms. The van der Waals surface area contributed by atoms with E-state index in [0.717, 1.165) is 15.6 Å². The van der Waals surface area contributed by atoms with Gasteiger partial charge in [-0.3, -0.25) is 24.4 Å². The van der Waals surface area contributed by atoms with Crippen molar-refractivity contribution in [1.82, 2.24) is 20.7 Å². The van der Waals surface area contributed by atoms with Crippen molar-refractivity contribution in [2.75, 3.05) is 26.0 Å². The molecule has 0 aliphatic carbocycles. The summed E-state index contributed by atoms with van der Waals surface area (Å²) in [6.45, 7) is 5.17. The Kier molecular flexibility index (Phi) is 12.0. The number of para-hydroxylation sites is 1. The summed E-state index contributed by atoms with van der Waals surface area (Å²) < 4.78 is 0. The summed E-state index contributed by atoms with van der Waals surface area (Å²) in [5.74, 6) is -1.61. The molecule has 10 heteroatoms. The average Bonchev–Trinajstić information content (AvgIpc) is 2.93. The smallest absolute Gasteiger partial charge is 0.340 e. The van der Waals surface area contributed by atoms with Gasteiger partial charge in [0.25, 0.3) is 11.8 Å². The van der Waals surface area contributed by atoms with E-state index in [0.29, 0.717) is 12.1 Å². The second-order valence-electron chi connectivity index (χ2n) is 8.20. The van der Waals surface area contributed by atoms with Crippen LogP contribution in [0.25, 0.3) is 0 Å². The van der Waals surface area contributed by atoms with Crippen LogP contribution in [-0.4, -0.2) is 66.7 Å². The van der Waals surface area contributed by atoms with Crippen molar-refractivity contribution in [3.8, 4) is 0 Å². The highest BCUT2D eigenvalue weighted by Gasteiger charge is 2.25. The van der Waals surface area contributed by atoms with E-state index < -0.39 is 29.8 Å². The van der Waals surface area contributed by atoms with E-state index in [9.17, 15) is 19.2 Å². The molecule has 2 rings (SSSR count). The van der Waals surface area contributed by atoms with Crippen molar-refractivity contribution in [2.24, 2.45) is 4.99 Å². The Bertz CT molecular complexity index is 1160. The molecule has 0 saturated heterocycles. The molecule has 1 atom stereocenters. The number of rotatable bonds is 11. The number of amides is 5. The molecule has 0 spiro atoms. The Morgan fingerprint density at radius 2 is 1.61 bits per heavy atom. The van der Waals surface area contributed by atoms with E-state index in [-0.39, 0.29) is 18.5 Å². The van der Waals surface area contributed by atoms with E-state index in [4.69, 9.17) is 0 Å². The van der Waals surface area contributed by atoms with Gasteiger partial charge in [0.2, 0.25) is 5.91 Å². The minimum Gasteiger partial charge on any atom is -0.345 e. The summed E-state index contributed by atoms with van der Waals surface area (Å²) >= 11 is 0. The maximum Gasteiger partial charge on any atom is 0.340 e. The zero-order chi connectivity index (χ0) is 27.9.